The summed E-state index contributed by atoms with van der Waals surface area (Å²) in [5.74, 6) is 0. The molecule has 13 heavy (non-hydrogen) atoms. The molecule has 0 radical (unpaired) electrons. The fourth-order valence-electron chi connectivity index (χ4n) is 1.18. The number of hydrogen-bond acceptors (Lipinski definition) is 2. The summed E-state index contributed by atoms with van der Waals surface area (Å²) in [4.78, 5) is 8.40. The largest absolute Gasteiger partial charge is 0.351 e. The van der Waals surface area contributed by atoms with Gasteiger partial charge in [0.25, 0.3) is 0 Å². The molecule has 0 unspecified atom stereocenters. The van der Waals surface area contributed by atoms with Crippen LogP contribution >= 0.6 is 11.8 Å². The number of thioether (sulfide) groups is 1. The Morgan fingerprint density at radius 3 is 2.54 bits per heavy atom. The molecule has 2 nitrogen and oxygen atoms in total. The van der Waals surface area contributed by atoms with Crippen molar-refractivity contribution in [1.29, 1.82) is 0 Å². The quantitative estimate of drug-likeness (QED) is 0.738. The molecule has 0 saturated carbocycles. The van der Waals surface area contributed by atoms with E-state index in [4.69, 9.17) is 0 Å². The molecule has 0 aliphatic rings. The second kappa shape index (κ2) is 3.66. The Morgan fingerprint density at radius 2 is 2.00 bits per heavy atom. The third-order valence-electron chi connectivity index (χ3n) is 1.88. The Morgan fingerprint density at radius 1 is 1.23 bits per heavy atom. The highest BCUT2D eigenvalue weighted by atomic mass is 32.2. The lowest BCUT2D eigenvalue weighted by Gasteiger charge is -1.98. The van der Waals surface area contributed by atoms with Crippen LogP contribution < -0.4 is 0 Å². The van der Waals surface area contributed by atoms with Crippen LogP contribution in [0.2, 0.25) is 0 Å². The molecule has 1 heterocycles. The van der Waals surface area contributed by atoms with Crippen molar-refractivity contribution in [2.45, 2.75) is 4.90 Å². The van der Waals surface area contributed by atoms with Crippen molar-refractivity contribution in [1.82, 2.24) is 9.97 Å². The molecule has 0 spiro atoms. The molecule has 0 fully saturated rings. The molecule has 3 heteroatoms. The minimum atomic E-state index is 0.993. The Balaban J connectivity index is 2.33. The van der Waals surface area contributed by atoms with E-state index in [1.54, 1.807) is 18.1 Å². The lowest BCUT2D eigenvalue weighted by atomic mass is 10.2. The van der Waals surface area contributed by atoms with E-state index < -0.39 is 0 Å². The van der Waals surface area contributed by atoms with Gasteiger partial charge in [0.15, 0.2) is 0 Å². The summed E-state index contributed by atoms with van der Waals surface area (Å²) in [6, 6.07) is 8.38. The first kappa shape index (κ1) is 8.38. The molecular formula is C10H10N2S. The van der Waals surface area contributed by atoms with Gasteiger partial charge in [-0.05, 0) is 18.4 Å². The molecule has 66 valence electrons. The lowest BCUT2D eigenvalue weighted by molar-refractivity contribution is 1.31. The molecule has 2 aromatic rings. The number of nitrogens with one attached hydrogen (secondary N) is 1. The topological polar surface area (TPSA) is 28.7 Å². The van der Waals surface area contributed by atoms with Crippen LogP contribution in [0.5, 0.6) is 0 Å². The molecular weight excluding hydrogens is 180 g/mol. The third kappa shape index (κ3) is 1.75. The van der Waals surface area contributed by atoms with Crippen molar-refractivity contribution in [3.05, 3.63) is 36.8 Å². The standard InChI is InChI=1S/C10H10N2S/c1-13-9-4-2-8(3-5-9)10-6-11-7-12-10/h2-7H,1H3,(H,11,12). The Hall–Kier alpha value is -1.22. The lowest BCUT2D eigenvalue weighted by Crippen LogP contribution is -1.76. The fraction of sp³-hybridized carbons (Fsp3) is 0.100. The van der Waals surface area contributed by atoms with Crippen LogP contribution in [-0.2, 0) is 0 Å². The summed E-state index contributed by atoms with van der Waals surface area (Å²) in [7, 11) is 0. The number of H-pyrrole nitrogens is 1. The minimum Gasteiger partial charge on any atom is -0.351 e. The van der Waals surface area contributed by atoms with E-state index in [2.05, 4.69) is 40.5 Å². The normalized spacial score (nSPS) is 10.2. The van der Waals surface area contributed by atoms with Gasteiger partial charge < -0.3 is 4.98 Å². The van der Waals surface area contributed by atoms with E-state index in [0.29, 0.717) is 0 Å². The molecule has 0 bridgehead atoms. The molecule has 2 rings (SSSR count). The highest BCUT2D eigenvalue weighted by Gasteiger charge is 1.98. The van der Waals surface area contributed by atoms with Crippen LogP contribution in [0.3, 0.4) is 0 Å². The Labute approximate surface area is 81.4 Å². The summed E-state index contributed by atoms with van der Waals surface area (Å²) in [6.45, 7) is 0. The van der Waals surface area contributed by atoms with E-state index >= 15 is 0 Å². The maximum absolute atomic E-state index is 4.18. The molecule has 0 saturated heterocycles. The molecule has 0 atom stereocenters. The summed E-state index contributed by atoms with van der Waals surface area (Å²) >= 11 is 1.75. The monoisotopic (exact) mass is 190 g/mol. The SMILES string of the molecule is CSc1ccc(-c2c[nH]cn2)cc1. The number of aromatic nitrogens is 2. The Bertz CT molecular complexity index is 364. The number of aromatic amines is 1. The van der Waals surface area contributed by atoms with Crippen LogP contribution in [0.1, 0.15) is 0 Å². The van der Waals surface area contributed by atoms with Gasteiger partial charge in [0.2, 0.25) is 0 Å². The van der Waals surface area contributed by atoms with Crippen molar-refractivity contribution >= 4 is 11.8 Å². The van der Waals surface area contributed by atoms with E-state index in [9.17, 15) is 0 Å². The van der Waals surface area contributed by atoms with Crippen molar-refractivity contribution < 1.29 is 0 Å². The molecule has 1 aromatic heterocycles. The third-order valence-corrected chi connectivity index (χ3v) is 2.63. The van der Waals surface area contributed by atoms with Gasteiger partial charge in [-0.1, -0.05) is 12.1 Å². The summed E-state index contributed by atoms with van der Waals surface area (Å²) in [5, 5.41) is 0. The highest BCUT2D eigenvalue weighted by molar-refractivity contribution is 7.98. The number of imidazole rings is 1. The predicted octanol–water partition coefficient (Wildman–Crippen LogP) is 2.80. The molecule has 0 aliphatic heterocycles. The van der Waals surface area contributed by atoms with Gasteiger partial charge in [-0.2, -0.15) is 0 Å². The van der Waals surface area contributed by atoms with Crippen LogP contribution in [0, 0.1) is 0 Å². The van der Waals surface area contributed by atoms with Gasteiger partial charge in [0.05, 0.1) is 12.0 Å². The van der Waals surface area contributed by atoms with Gasteiger partial charge in [0.1, 0.15) is 0 Å². The van der Waals surface area contributed by atoms with Crippen LogP contribution in [0.15, 0.2) is 41.7 Å². The second-order valence-electron chi connectivity index (χ2n) is 2.68. The van der Waals surface area contributed by atoms with Gasteiger partial charge in [0, 0.05) is 16.7 Å². The number of hydrogen-bond donors (Lipinski definition) is 1. The summed E-state index contributed by atoms with van der Waals surface area (Å²) < 4.78 is 0. The number of rotatable bonds is 2. The first-order valence-corrected chi connectivity index (χ1v) is 5.26. The van der Waals surface area contributed by atoms with Crippen LogP contribution in [0.25, 0.3) is 11.3 Å². The van der Waals surface area contributed by atoms with Crippen molar-refractivity contribution in [3.63, 3.8) is 0 Å². The maximum atomic E-state index is 4.18. The molecule has 0 aliphatic carbocycles. The second-order valence-corrected chi connectivity index (χ2v) is 3.56. The summed E-state index contributed by atoms with van der Waals surface area (Å²) in [6.07, 6.45) is 5.66. The van der Waals surface area contributed by atoms with Gasteiger partial charge in [-0.3, -0.25) is 0 Å². The average Bonchev–Trinajstić information content (AvgIpc) is 2.71. The van der Waals surface area contributed by atoms with Gasteiger partial charge in [-0.15, -0.1) is 11.8 Å². The van der Waals surface area contributed by atoms with Crippen molar-refractivity contribution in [2.75, 3.05) is 6.26 Å². The van der Waals surface area contributed by atoms with Crippen LogP contribution in [0.4, 0.5) is 0 Å². The minimum absolute atomic E-state index is 0.993. The van der Waals surface area contributed by atoms with E-state index in [-0.39, 0.29) is 0 Å². The molecule has 1 aromatic carbocycles. The molecule has 1 N–H and O–H groups in total. The number of nitrogens with zero attached hydrogens (tertiary/aromatic N) is 1. The van der Waals surface area contributed by atoms with Crippen LogP contribution in [-0.4, -0.2) is 16.2 Å². The smallest absolute Gasteiger partial charge is 0.0927 e. The molecule has 0 amide bonds. The average molecular weight is 190 g/mol. The fourth-order valence-corrected chi connectivity index (χ4v) is 1.59. The zero-order valence-electron chi connectivity index (χ0n) is 7.32. The van der Waals surface area contributed by atoms with Crippen molar-refractivity contribution in [2.24, 2.45) is 0 Å². The highest BCUT2D eigenvalue weighted by Crippen LogP contribution is 2.20. The first-order chi connectivity index (χ1) is 6.40. The summed E-state index contributed by atoms with van der Waals surface area (Å²) in [5.41, 5.74) is 2.15. The first-order valence-electron chi connectivity index (χ1n) is 4.03. The predicted molar refractivity (Wildman–Crippen MR) is 55.8 cm³/mol. The van der Waals surface area contributed by atoms with E-state index in [1.807, 2.05) is 6.20 Å². The Kier molecular flexibility index (Phi) is 2.36. The van der Waals surface area contributed by atoms with Gasteiger partial charge >= 0.3 is 0 Å². The number of benzene rings is 1. The zero-order valence-corrected chi connectivity index (χ0v) is 8.14. The van der Waals surface area contributed by atoms with E-state index in [0.717, 1.165) is 11.3 Å². The van der Waals surface area contributed by atoms with Gasteiger partial charge in [-0.25, -0.2) is 4.98 Å². The maximum Gasteiger partial charge on any atom is 0.0927 e. The zero-order chi connectivity index (χ0) is 9.10. The van der Waals surface area contributed by atoms with E-state index in [1.165, 1.54) is 4.90 Å². The van der Waals surface area contributed by atoms with Crippen molar-refractivity contribution in [3.8, 4) is 11.3 Å².